The maximum Gasteiger partial charge on any atom is 0.381 e. The average Bonchev–Trinajstić information content (AvgIpc) is 3.17. The molecule has 0 unspecified atom stereocenters. The topological polar surface area (TPSA) is 94.4 Å². The Balaban J connectivity index is 1.59. The third-order valence-corrected chi connectivity index (χ3v) is 4.00. The molecular weight excluding hydrogens is 336 g/mol. The molecule has 0 saturated heterocycles. The van der Waals surface area contributed by atoms with E-state index in [4.69, 9.17) is 4.84 Å². The number of hydrogen-bond donors (Lipinski definition) is 0. The van der Waals surface area contributed by atoms with Crippen LogP contribution in [0, 0.1) is 0 Å². The number of aromatic nitrogens is 3. The molecule has 0 spiro atoms. The normalized spacial score (nSPS) is 13.0. The second-order valence-electron chi connectivity index (χ2n) is 5.60. The maximum absolute atomic E-state index is 12.5. The van der Waals surface area contributed by atoms with Crippen molar-refractivity contribution in [1.29, 1.82) is 0 Å². The summed E-state index contributed by atoms with van der Waals surface area (Å²) in [7, 11) is 1.57. The van der Waals surface area contributed by atoms with Gasteiger partial charge in [0.25, 0.3) is 11.8 Å². The summed E-state index contributed by atoms with van der Waals surface area (Å²) in [5.74, 6) is -2.19. The van der Waals surface area contributed by atoms with Gasteiger partial charge in [-0.3, -0.25) is 19.3 Å². The van der Waals surface area contributed by atoms with Gasteiger partial charge in [0.2, 0.25) is 0 Å². The molecule has 0 N–H and O–H groups in total. The first-order chi connectivity index (χ1) is 12.6. The van der Waals surface area contributed by atoms with E-state index in [-0.39, 0.29) is 16.8 Å². The van der Waals surface area contributed by atoms with E-state index in [1.165, 1.54) is 22.9 Å². The molecule has 0 bridgehead atoms. The SMILES string of the molecule is Cn1nc(-c2ccncc2)cc1C(=O)ON1C(=O)c2ccccc2C1=O. The van der Waals surface area contributed by atoms with E-state index in [1.54, 1.807) is 43.7 Å². The Morgan fingerprint density at radius 3 is 2.23 bits per heavy atom. The van der Waals surface area contributed by atoms with Crippen molar-refractivity contribution in [2.45, 2.75) is 0 Å². The Hall–Kier alpha value is -3.81. The molecule has 128 valence electrons. The summed E-state index contributed by atoms with van der Waals surface area (Å²) in [5.41, 5.74) is 1.83. The van der Waals surface area contributed by atoms with Gasteiger partial charge in [0.05, 0.1) is 16.8 Å². The van der Waals surface area contributed by atoms with Crippen LogP contribution < -0.4 is 0 Å². The molecule has 1 aliphatic rings. The molecule has 4 rings (SSSR count). The third kappa shape index (κ3) is 2.44. The van der Waals surface area contributed by atoms with Crippen LogP contribution in [-0.4, -0.2) is 37.6 Å². The van der Waals surface area contributed by atoms with Crippen molar-refractivity contribution < 1.29 is 19.2 Å². The van der Waals surface area contributed by atoms with E-state index in [0.29, 0.717) is 10.8 Å². The second kappa shape index (κ2) is 5.92. The van der Waals surface area contributed by atoms with Crippen LogP contribution in [0.5, 0.6) is 0 Å². The Bertz CT molecular complexity index is 1010. The molecule has 1 aliphatic heterocycles. The zero-order valence-electron chi connectivity index (χ0n) is 13.6. The first kappa shape index (κ1) is 15.7. The molecule has 8 heteroatoms. The average molecular weight is 348 g/mol. The van der Waals surface area contributed by atoms with Crippen molar-refractivity contribution >= 4 is 17.8 Å². The minimum atomic E-state index is -0.852. The van der Waals surface area contributed by atoms with Crippen LogP contribution in [0.1, 0.15) is 31.2 Å². The highest BCUT2D eigenvalue weighted by Crippen LogP contribution is 2.24. The third-order valence-electron chi connectivity index (χ3n) is 4.00. The highest BCUT2D eigenvalue weighted by Gasteiger charge is 2.39. The molecule has 1 aromatic carbocycles. The first-order valence-corrected chi connectivity index (χ1v) is 7.71. The molecule has 0 aliphatic carbocycles. The lowest BCUT2D eigenvalue weighted by Crippen LogP contribution is -2.33. The number of carbonyl (C=O) groups excluding carboxylic acids is 3. The number of hydrogen-bond acceptors (Lipinski definition) is 6. The quantitative estimate of drug-likeness (QED) is 0.671. The molecule has 8 nitrogen and oxygen atoms in total. The zero-order valence-corrected chi connectivity index (χ0v) is 13.6. The summed E-state index contributed by atoms with van der Waals surface area (Å²) < 4.78 is 1.33. The molecule has 2 aromatic heterocycles. The molecule has 3 aromatic rings. The van der Waals surface area contributed by atoms with Gasteiger partial charge in [0.15, 0.2) is 0 Å². The molecule has 3 heterocycles. The lowest BCUT2D eigenvalue weighted by atomic mass is 10.1. The Kier molecular flexibility index (Phi) is 3.58. The number of nitrogens with zero attached hydrogens (tertiary/aromatic N) is 4. The number of rotatable bonds is 3. The highest BCUT2D eigenvalue weighted by molar-refractivity contribution is 6.21. The van der Waals surface area contributed by atoms with Crippen LogP contribution in [0.3, 0.4) is 0 Å². The number of hydroxylamine groups is 2. The summed E-state index contributed by atoms with van der Waals surface area (Å²) in [4.78, 5) is 46.0. The number of fused-ring (bicyclic) bond motifs is 1. The molecular formula is C18H12N4O4. The molecule has 0 fully saturated rings. The van der Waals surface area contributed by atoms with Crippen molar-refractivity contribution in [1.82, 2.24) is 19.8 Å². The second-order valence-corrected chi connectivity index (χ2v) is 5.60. The van der Waals surface area contributed by atoms with Crippen LogP contribution in [0.25, 0.3) is 11.3 Å². The van der Waals surface area contributed by atoms with Gasteiger partial charge in [-0.2, -0.15) is 5.10 Å². The summed E-state index contributed by atoms with van der Waals surface area (Å²) in [6.45, 7) is 0. The number of aryl methyl sites for hydroxylation is 1. The molecule has 0 atom stereocenters. The van der Waals surface area contributed by atoms with E-state index in [1.807, 2.05) is 0 Å². The standard InChI is InChI=1S/C18H12N4O4/c1-21-15(10-14(20-21)11-6-8-19-9-7-11)18(25)26-22-16(23)12-4-2-3-5-13(12)17(22)24/h2-10H,1H3. The number of pyridine rings is 1. The summed E-state index contributed by atoms with van der Waals surface area (Å²) >= 11 is 0. The highest BCUT2D eigenvalue weighted by atomic mass is 16.7. The van der Waals surface area contributed by atoms with Crippen LogP contribution in [0.2, 0.25) is 0 Å². The fraction of sp³-hybridized carbons (Fsp3) is 0.0556. The number of carbonyl (C=O) groups is 3. The molecule has 0 radical (unpaired) electrons. The van der Waals surface area contributed by atoms with Gasteiger partial charge in [0, 0.05) is 25.0 Å². The monoisotopic (exact) mass is 348 g/mol. The fourth-order valence-corrected chi connectivity index (χ4v) is 2.70. The van der Waals surface area contributed by atoms with Gasteiger partial charge in [-0.25, -0.2) is 4.79 Å². The van der Waals surface area contributed by atoms with Gasteiger partial charge >= 0.3 is 5.97 Å². The summed E-state index contributed by atoms with van der Waals surface area (Å²) in [6.07, 6.45) is 3.22. The molecule has 2 amide bonds. The maximum atomic E-state index is 12.5. The Labute approximate surface area is 147 Å². The zero-order chi connectivity index (χ0) is 18.3. The van der Waals surface area contributed by atoms with Crippen molar-refractivity contribution in [2.75, 3.05) is 0 Å². The van der Waals surface area contributed by atoms with Crippen molar-refractivity contribution in [3.63, 3.8) is 0 Å². The summed E-state index contributed by atoms with van der Waals surface area (Å²) in [5, 5.41) is 4.73. The van der Waals surface area contributed by atoms with Gasteiger partial charge in [-0.1, -0.05) is 17.2 Å². The Morgan fingerprint density at radius 1 is 1.00 bits per heavy atom. The lowest BCUT2D eigenvalue weighted by molar-refractivity contribution is -0.0591. The smallest absolute Gasteiger partial charge is 0.323 e. The Morgan fingerprint density at radius 2 is 1.62 bits per heavy atom. The predicted molar refractivity (Wildman–Crippen MR) is 88.8 cm³/mol. The first-order valence-electron chi connectivity index (χ1n) is 7.71. The van der Waals surface area contributed by atoms with Gasteiger partial charge in [-0.05, 0) is 30.3 Å². The predicted octanol–water partition coefficient (Wildman–Crippen LogP) is 1.85. The number of imide groups is 1. The number of amides is 2. The fourth-order valence-electron chi connectivity index (χ4n) is 2.70. The van der Waals surface area contributed by atoms with Gasteiger partial charge in [0.1, 0.15) is 5.69 Å². The van der Waals surface area contributed by atoms with Crippen molar-refractivity contribution in [2.24, 2.45) is 7.05 Å². The van der Waals surface area contributed by atoms with Crippen LogP contribution >= 0.6 is 0 Å². The summed E-state index contributed by atoms with van der Waals surface area (Å²) in [6, 6.07) is 11.3. The largest absolute Gasteiger partial charge is 0.381 e. The van der Waals surface area contributed by atoms with E-state index in [9.17, 15) is 14.4 Å². The van der Waals surface area contributed by atoms with Gasteiger partial charge < -0.3 is 4.84 Å². The van der Waals surface area contributed by atoms with Crippen molar-refractivity contribution in [3.8, 4) is 11.3 Å². The van der Waals surface area contributed by atoms with Crippen molar-refractivity contribution in [3.05, 3.63) is 71.7 Å². The number of benzene rings is 1. The minimum absolute atomic E-state index is 0.105. The van der Waals surface area contributed by atoms with E-state index in [2.05, 4.69) is 10.1 Å². The van der Waals surface area contributed by atoms with Gasteiger partial charge in [-0.15, -0.1) is 0 Å². The van der Waals surface area contributed by atoms with E-state index < -0.39 is 17.8 Å². The van der Waals surface area contributed by atoms with E-state index >= 15 is 0 Å². The van der Waals surface area contributed by atoms with Crippen LogP contribution in [-0.2, 0) is 11.9 Å². The minimum Gasteiger partial charge on any atom is -0.323 e. The lowest BCUT2D eigenvalue weighted by Gasteiger charge is -2.12. The molecule has 26 heavy (non-hydrogen) atoms. The van der Waals surface area contributed by atoms with Crippen LogP contribution in [0.4, 0.5) is 0 Å². The van der Waals surface area contributed by atoms with E-state index in [0.717, 1.165) is 5.56 Å². The van der Waals surface area contributed by atoms with Crippen LogP contribution in [0.15, 0.2) is 54.9 Å². The molecule has 0 saturated carbocycles.